The molecule has 2 saturated heterocycles. The fraction of sp³-hybridized carbons (Fsp3) is 0.440. The summed E-state index contributed by atoms with van der Waals surface area (Å²) in [5.41, 5.74) is 2.05. The van der Waals surface area contributed by atoms with Crippen LogP contribution in [0.15, 0.2) is 53.8 Å². The molecule has 36 heavy (non-hydrogen) atoms. The number of aromatic nitrogens is 4. The SMILES string of the molecule is Cc1cc(N2CCCC(n3nccn3)C2)ncc1S(=O)(=O)NCc1ccc(C(=O)N2CCCC2)cc1. The highest BCUT2D eigenvalue weighted by Gasteiger charge is 2.25. The maximum absolute atomic E-state index is 13.0. The van der Waals surface area contributed by atoms with Gasteiger partial charge >= 0.3 is 0 Å². The van der Waals surface area contributed by atoms with Crippen LogP contribution in [-0.4, -0.2) is 65.4 Å². The summed E-state index contributed by atoms with van der Waals surface area (Å²) >= 11 is 0. The second-order valence-corrected chi connectivity index (χ2v) is 11.2. The first-order valence-corrected chi connectivity index (χ1v) is 13.8. The molecule has 11 heteroatoms. The third-order valence-corrected chi connectivity index (χ3v) is 8.41. The zero-order chi connectivity index (χ0) is 25.1. The van der Waals surface area contributed by atoms with Crippen LogP contribution >= 0.6 is 0 Å². The van der Waals surface area contributed by atoms with Crippen LogP contribution in [0.4, 0.5) is 5.82 Å². The van der Waals surface area contributed by atoms with Crippen molar-refractivity contribution in [3.8, 4) is 0 Å². The molecule has 1 atom stereocenters. The van der Waals surface area contributed by atoms with Gasteiger partial charge in [-0.2, -0.15) is 15.0 Å². The topological polar surface area (TPSA) is 113 Å². The van der Waals surface area contributed by atoms with Crippen molar-refractivity contribution in [2.24, 2.45) is 0 Å². The van der Waals surface area contributed by atoms with Crippen LogP contribution in [0.5, 0.6) is 0 Å². The summed E-state index contributed by atoms with van der Waals surface area (Å²) in [4.78, 5) is 22.9. The Kier molecular flexibility index (Phi) is 7.01. The number of amides is 1. The van der Waals surface area contributed by atoms with Crippen LogP contribution in [0.3, 0.4) is 0 Å². The van der Waals surface area contributed by atoms with Crippen LogP contribution < -0.4 is 9.62 Å². The number of pyridine rings is 1. The lowest BCUT2D eigenvalue weighted by Crippen LogP contribution is -2.38. The number of piperidine rings is 1. The number of aryl methyl sites for hydroxylation is 1. The highest BCUT2D eigenvalue weighted by Crippen LogP contribution is 2.26. The third-order valence-electron chi connectivity index (χ3n) is 6.88. The van der Waals surface area contributed by atoms with Crippen LogP contribution in [0, 0.1) is 6.92 Å². The molecule has 190 valence electrons. The van der Waals surface area contributed by atoms with Gasteiger partial charge in [0, 0.05) is 44.5 Å². The van der Waals surface area contributed by atoms with Gasteiger partial charge in [-0.15, -0.1) is 0 Å². The Morgan fingerprint density at radius 2 is 1.78 bits per heavy atom. The fourth-order valence-electron chi connectivity index (χ4n) is 4.87. The third kappa shape index (κ3) is 5.26. The summed E-state index contributed by atoms with van der Waals surface area (Å²) < 4.78 is 28.7. The Morgan fingerprint density at radius 1 is 1.06 bits per heavy atom. The molecule has 1 N–H and O–H groups in total. The maximum atomic E-state index is 13.0. The van der Waals surface area contributed by atoms with Gasteiger partial charge in [0.2, 0.25) is 10.0 Å². The summed E-state index contributed by atoms with van der Waals surface area (Å²) in [7, 11) is -3.75. The summed E-state index contributed by atoms with van der Waals surface area (Å²) in [5.74, 6) is 0.781. The molecule has 4 heterocycles. The van der Waals surface area contributed by atoms with Gasteiger partial charge in [-0.3, -0.25) is 4.79 Å². The number of carbonyl (C=O) groups is 1. The Morgan fingerprint density at radius 3 is 2.47 bits per heavy atom. The molecule has 2 aliphatic rings. The normalized spacial score (nSPS) is 18.5. The maximum Gasteiger partial charge on any atom is 0.253 e. The molecule has 0 saturated carbocycles. The number of likely N-dealkylation sites (tertiary alicyclic amines) is 1. The van der Waals surface area contributed by atoms with Crippen molar-refractivity contribution in [3.63, 3.8) is 0 Å². The van der Waals surface area contributed by atoms with Crippen molar-refractivity contribution in [2.75, 3.05) is 31.1 Å². The Hall–Kier alpha value is -3.31. The van der Waals surface area contributed by atoms with Gasteiger partial charge < -0.3 is 9.80 Å². The van der Waals surface area contributed by atoms with Crippen molar-refractivity contribution in [3.05, 3.63) is 65.6 Å². The molecule has 1 aromatic carbocycles. The van der Waals surface area contributed by atoms with E-state index in [0.29, 0.717) is 11.1 Å². The molecule has 0 spiro atoms. The van der Waals surface area contributed by atoms with Gasteiger partial charge in [0.25, 0.3) is 5.91 Å². The second-order valence-electron chi connectivity index (χ2n) is 9.42. The summed E-state index contributed by atoms with van der Waals surface area (Å²) in [6.07, 6.45) is 8.85. The number of hydrogen-bond acceptors (Lipinski definition) is 7. The smallest absolute Gasteiger partial charge is 0.253 e. The Balaban J connectivity index is 1.22. The quantitative estimate of drug-likeness (QED) is 0.521. The van der Waals surface area contributed by atoms with E-state index in [1.165, 1.54) is 6.20 Å². The number of nitrogens with one attached hydrogen (secondary N) is 1. The van der Waals surface area contributed by atoms with Crippen molar-refractivity contribution >= 4 is 21.7 Å². The molecule has 1 amide bonds. The van der Waals surface area contributed by atoms with Gasteiger partial charge in [-0.1, -0.05) is 12.1 Å². The molecular weight excluding hydrogens is 478 g/mol. The highest BCUT2D eigenvalue weighted by molar-refractivity contribution is 7.89. The zero-order valence-electron chi connectivity index (χ0n) is 20.4. The van der Waals surface area contributed by atoms with Crippen molar-refractivity contribution in [2.45, 2.75) is 50.1 Å². The molecule has 10 nitrogen and oxygen atoms in total. The van der Waals surface area contributed by atoms with E-state index in [9.17, 15) is 13.2 Å². The first kappa shape index (κ1) is 24.4. The number of hydrogen-bond donors (Lipinski definition) is 1. The van der Waals surface area contributed by atoms with Gasteiger partial charge in [0.15, 0.2) is 0 Å². The van der Waals surface area contributed by atoms with E-state index < -0.39 is 10.0 Å². The molecule has 0 bridgehead atoms. The van der Waals surface area contributed by atoms with Gasteiger partial charge in [-0.05, 0) is 61.9 Å². The predicted octanol–water partition coefficient (Wildman–Crippen LogP) is 2.54. The minimum absolute atomic E-state index is 0.0299. The van der Waals surface area contributed by atoms with Crippen LogP contribution in [-0.2, 0) is 16.6 Å². The first-order valence-electron chi connectivity index (χ1n) is 12.4. The van der Waals surface area contributed by atoms with Crippen molar-refractivity contribution in [1.82, 2.24) is 29.6 Å². The molecule has 2 aliphatic heterocycles. The van der Waals surface area contributed by atoms with E-state index >= 15 is 0 Å². The molecule has 3 aromatic rings. The fourth-order valence-corrected chi connectivity index (χ4v) is 6.06. The minimum Gasteiger partial charge on any atom is -0.354 e. The number of nitrogens with zero attached hydrogens (tertiary/aromatic N) is 6. The Bertz CT molecular complexity index is 1300. The highest BCUT2D eigenvalue weighted by atomic mass is 32.2. The zero-order valence-corrected chi connectivity index (χ0v) is 21.2. The lowest BCUT2D eigenvalue weighted by atomic mass is 10.1. The summed E-state index contributed by atoms with van der Waals surface area (Å²) in [6, 6.07) is 9.10. The number of carbonyl (C=O) groups excluding carboxylic acids is 1. The van der Waals surface area contributed by atoms with E-state index in [-0.39, 0.29) is 23.4 Å². The van der Waals surface area contributed by atoms with E-state index in [1.54, 1.807) is 48.4 Å². The number of benzene rings is 1. The standard InChI is InChI=1S/C25H31N7O3S/c1-19-15-24(31-14-4-5-22(18-31)32-27-10-11-28-32)26-17-23(19)36(34,35)29-16-20-6-8-21(9-7-20)25(33)30-12-2-3-13-30/h6-11,15,17,22,29H,2-5,12-14,16,18H2,1H3. The predicted molar refractivity (Wildman–Crippen MR) is 135 cm³/mol. The minimum atomic E-state index is -3.75. The van der Waals surface area contributed by atoms with Crippen LogP contribution in [0.25, 0.3) is 0 Å². The van der Waals surface area contributed by atoms with Crippen molar-refractivity contribution < 1.29 is 13.2 Å². The molecule has 1 unspecified atom stereocenters. The first-order chi connectivity index (χ1) is 17.4. The van der Waals surface area contributed by atoms with E-state index in [0.717, 1.165) is 63.2 Å². The van der Waals surface area contributed by atoms with Crippen LogP contribution in [0.2, 0.25) is 0 Å². The molecule has 2 aromatic heterocycles. The van der Waals surface area contributed by atoms with Crippen molar-refractivity contribution in [1.29, 1.82) is 0 Å². The average molecular weight is 510 g/mol. The van der Waals surface area contributed by atoms with E-state index in [4.69, 9.17) is 0 Å². The molecular formula is C25H31N7O3S. The molecule has 5 rings (SSSR count). The number of sulfonamides is 1. The summed E-state index contributed by atoms with van der Waals surface area (Å²) in [6.45, 7) is 5.09. The average Bonchev–Trinajstić information content (AvgIpc) is 3.62. The lowest BCUT2D eigenvalue weighted by Gasteiger charge is -2.33. The van der Waals surface area contributed by atoms with Gasteiger partial charge in [0.05, 0.1) is 18.4 Å². The largest absolute Gasteiger partial charge is 0.354 e. The number of rotatable bonds is 7. The molecule has 0 aliphatic carbocycles. The number of anilines is 1. The Labute approximate surface area is 211 Å². The second kappa shape index (κ2) is 10.4. The van der Waals surface area contributed by atoms with E-state index in [2.05, 4.69) is 24.8 Å². The molecule has 2 fully saturated rings. The van der Waals surface area contributed by atoms with E-state index in [1.807, 2.05) is 11.0 Å². The summed E-state index contributed by atoms with van der Waals surface area (Å²) in [5, 5.41) is 8.52. The van der Waals surface area contributed by atoms with Gasteiger partial charge in [0.1, 0.15) is 10.7 Å². The van der Waals surface area contributed by atoms with Gasteiger partial charge in [-0.25, -0.2) is 18.1 Å². The monoisotopic (exact) mass is 509 g/mol. The van der Waals surface area contributed by atoms with Crippen LogP contribution in [0.1, 0.15) is 53.2 Å². The molecule has 0 radical (unpaired) electrons. The lowest BCUT2D eigenvalue weighted by molar-refractivity contribution is 0.0793.